The first-order chi connectivity index (χ1) is 5.16. The molecule has 1 aliphatic heterocycles. The summed E-state index contributed by atoms with van der Waals surface area (Å²) in [6.07, 6.45) is 0.749. The highest BCUT2D eigenvalue weighted by Gasteiger charge is 2.29. The quantitative estimate of drug-likeness (QED) is 0.629. The van der Waals surface area contributed by atoms with Crippen molar-refractivity contribution < 1.29 is 4.79 Å². The maximum Gasteiger partial charge on any atom is 0.138 e. The molecule has 3 heteroatoms. The Labute approximate surface area is 80.7 Å². The van der Waals surface area contributed by atoms with Gasteiger partial charge in [-0.2, -0.15) is 0 Å². The van der Waals surface area contributed by atoms with Crippen LogP contribution in [0, 0.1) is 5.92 Å². The summed E-state index contributed by atoms with van der Waals surface area (Å²) in [6.45, 7) is 8.36. The zero-order chi connectivity index (χ0) is 8.43. The van der Waals surface area contributed by atoms with Crippen LogP contribution in [-0.4, -0.2) is 29.8 Å². The second-order valence-corrected chi connectivity index (χ2v) is 3.37. The molecule has 2 atom stereocenters. The number of hydrogen-bond acceptors (Lipinski definition) is 2. The van der Waals surface area contributed by atoms with Crippen molar-refractivity contribution in [2.45, 2.75) is 33.2 Å². The second-order valence-electron chi connectivity index (χ2n) is 3.37. The van der Waals surface area contributed by atoms with E-state index in [2.05, 4.69) is 18.7 Å². The van der Waals surface area contributed by atoms with Gasteiger partial charge < -0.3 is 0 Å². The first kappa shape index (κ1) is 11.9. The van der Waals surface area contributed by atoms with Crippen molar-refractivity contribution in [3.05, 3.63) is 0 Å². The summed E-state index contributed by atoms with van der Waals surface area (Å²) in [5.41, 5.74) is 0. The van der Waals surface area contributed by atoms with E-state index in [1.54, 1.807) is 0 Å². The number of piperidine rings is 1. The first-order valence-corrected chi connectivity index (χ1v) is 4.43. The lowest BCUT2D eigenvalue weighted by Gasteiger charge is -2.35. The zero-order valence-corrected chi connectivity index (χ0v) is 8.86. The molecule has 0 radical (unpaired) electrons. The van der Waals surface area contributed by atoms with Crippen LogP contribution < -0.4 is 0 Å². The molecule has 1 saturated heterocycles. The van der Waals surface area contributed by atoms with E-state index in [-0.39, 0.29) is 18.3 Å². The van der Waals surface area contributed by atoms with Gasteiger partial charge >= 0.3 is 0 Å². The standard InChI is InChI=1S/C9H17NO.ClH/c1-4-10-6-5-9(11)7(2)8(10)3;/h7-8H,4-6H2,1-3H3;1H. The monoisotopic (exact) mass is 191 g/mol. The molecule has 2 nitrogen and oxygen atoms in total. The molecule has 2 unspecified atom stereocenters. The lowest BCUT2D eigenvalue weighted by atomic mass is 9.91. The molecule has 0 aliphatic carbocycles. The Bertz CT molecular complexity index is 161. The summed E-state index contributed by atoms with van der Waals surface area (Å²) in [5, 5.41) is 0. The lowest BCUT2D eigenvalue weighted by Crippen LogP contribution is -2.46. The molecular weight excluding hydrogens is 174 g/mol. The molecular formula is C9H18ClNO. The fourth-order valence-electron chi connectivity index (χ4n) is 1.72. The lowest BCUT2D eigenvalue weighted by molar-refractivity contribution is -0.127. The van der Waals surface area contributed by atoms with Gasteiger partial charge in [-0.15, -0.1) is 12.4 Å². The van der Waals surface area contributed by atoms with E-state index in [0.29, 0.717) is 11.8 Å². The largest absolute Gasteiger partial charge is 0.300 e. The Kier molecular flexibility index (Phi) is 4.80. The minimum atomic E-state index is 0. The van der Waals surface area contributed by atoms with Gasteiger partial charge in [-0.25, -0.2) is 0 Å². The van der Waals surface area contributed by atoms with Crippen molar-refractivity contribution >= 4 is 18.2 Å². The van der Waals surface area contributed by atoms with Gasteiger partial charge in [-0.1, -0.05) is 13.8 Å². The van der Waals surface area contributed by atoms with Crippen LogP contribution >= 0.6 is 12.4 Å². The summed E-state index contributed by atoms with van der Waals surface area (Å²) in [6, 6.07) is 0.446. The van der Waals surface area contributed by atoms with Crippen molar-refractivity contribution in [1.29, 1.82) is 0 Å². The van der Waals surface area contributed by atoms with Crippen LogP contribution in [0.4, 0.5) is 0 Å². The number of likely N-dealkylation sites (tertiary alicyclic amines) is 1. The first-order valence-electron chi connectivity index (χ1n) is 4.43. The molecule has 0 aromatic carbocycles. The van der Waals surface area contributed by atoms with Crippen LogP contribution in [0.25, 0.3) is 0 Å². The molecule has 0 aromatic heterocycles. The minimum Gasteiger partial charge on any atom is -0.300 e. The number of ketones is 1. The van der Waals surface area contributed by atoms with Crippen molar-refractivity contribution in [3.8, 4) is 0 Å². The molecule has 0 saturated carbocycles. The Hall–Kier alpha value is -0.0800. The molecule has 72 valence electrons. The van der Waals surface area contributed by atoms with Gasteiger partial charge in [0.05, 0.1) is 0 Å². The fourth-order valence-corrected chi connectivity index (χ4v) is 1.72. The predicted molar refractivity (Wildman–Crippen MR) is 52.7 cm³/mol. The number of carbonyl (C=O) groups is 1. The number of Topliss-reactive ketones (excluding diaryl/α,β-unsaturated/α-hetero) is 1. The highest BCUT2D eigenvalue weighted by molar-refractivity contribution is 5.85. The number of rotatable bonds is 1. The summed E-state index contributed by atoms with van der Waals surface area (Å²) in [4.78, 5) is 13.6. The van der Waals surface area contributed by atoms with E-state index in [0.717, 1.165) is 19.5 Å². The topological polar surface area (TPSA) is 20.3 Å². The van der Waals surface area contributed by atoms with Crippen molar-refractivity contribution in [2.75, 3.05) is 13.1 Å². The van der Waals surface area contributed by atoms with E-state index in [9.17, 15) is 4.79 Å². The van der Waals surface area contributed by atoms with E-state index < -0.39 is 0 Å². The fraction of sp³-hybridized carbons (Fsp3) is 0.889. The Morgan fingerprint density at radius 1 is 1.50 bits per heavy atom. The number of hydrogen-bond donors (Lipinski definition) is 0. The van der Waals surface area contributed by atoms with Crippen LogP contribution in [0.3, 0.4) is 0 Å². The summed E-state index contributed by atoms with van der Waals surface area (Å²) in [7, 11) is 0. The maximum absolute atomic E-state index is 11.2. The summed E-state index contributed by atoms with van der Waals surface area (Å²) >= 11 is 0. The molecule has 0 bridgehead atoms. The van der Waals surface area contributed by atoms with Crippen molar-refractivity contribution in [1.82, 2.24) is 4.90 Å². The normalized spacial score (nSPS) is 31.4. The highest BCUT2D eigenvalue weighted by Crippen LogP contribution is 2.19. The average molecular weight is 192 g/mol. The number of carbonyl (C=O) groups excluding carboxylic acids is 1. The number of nitrogens with zero attached hydrogens (tertiary/aromatic N) is 1. The Morgan fingerprint density at radius 2 is 2.08 bits per heavy atom. The van der Waals surface area contributed by atoms with Gasteiger partial charge in [0.2, 0.25) is 0 Å². The van der Waals surface area contributed by atoms with Crippen molar-refractivity contribution in [2.24, 2.45) is 5.92 Å². The predicted octanol–water partition coefficient (Wildman–Crippen LogP) is 1.73. The Balaban J connectivity index is 0.00000121. The van der Waals surface area contributed by atoms with Crippen LogP contribution in [0.1, 0.15) is 27.2 Å². The van der Waals surface area contributed by atoms with Crippen LogP contribution in [-0.2, 0) is 4.79 Å². The van der Waals surface area contributed by atoms with Gasteiger partial charge in [-0.3, -0.25) is 9.69 Å². The van der Waals surface area contributed by atoms with Gasteiger partial charge in [0.1, 0.15) is 5.78 Å². The molecule has 1 rings (SSSR count). The molecule has 1 heterocycles. The van der Waals surface area contributed by atoms with Crippen molar-refractivity contribution in [3.63, 3.8) is 0 Å². The van der Waals surface area contributed by atoms with Gasteiger partial charge in [0.25, 0.3) is 0 Å². The number of halogens is 1. The van der Waals surface area contributed by atoms with Gasteiger partial charge in [0.15, 0.2) is 0 Å². The van der Waals surface area contributed by atoms with E-state index in [1.807, 2.05) is 6.92 Å². The Morgan fingerprint density at radius 3 is 2.58 bits per heavy atom. The van der Waals surface area contributed by atoms with Gasteiger partial charge in [0, 0.05) is 24.9 Å². The zero-order valence-electron chi connectivity index (χ0n) is 8.04. The second kappa shape index (κ2) is 4.83. The van der Waals surface area contributed by atoms with E-state index in [1.165, 1.54) is 0 Å². The van der Waals surface area contributed by atoms with Crippen LogP contribution in [0.15, 0.2) is 0 Å². The smallest absolute Gasteiger partial charge is 0.138 e. The molecule has 1 aliphatic rings. The van der Waals surface area contributed by atoms with E-state index in [4.69, 9.17) is 0 Å². The van der Waals surface area contributed by atoms with Crippen LogP contribution in [0.5, 0.6) is 0 Å². The maximum atomic E-state index is 11.2. The molecule has 0 N–H and O–H groups in total. The summed E-state index contributed by atoms with van der Waals surface area (Å²) < 4.78 is 0. The molecule has 0 spiro atoms. The third-order valence-corrected chi connectivity index (χ3v) is 2.86. The molecule has 0 aromatic rings. The summed E-state index contributed by atoms with van der Waals surface area (Å²) in [5.74, 6) is 0.672. The average Bonchev–Trinajstić information content (AvgIpc) is 2.01. The minimum absolute atomic E-state index is 0. The molecule has 0 amide bonds. The third-order valence-electron chi connectivity index (χ3n) is 2.86. The SMILES string of the molecule is CCN1CCC(=O)C(C)C1C.Cl. The molecule has 1 fully saturated rings. The third kappa shape index (κ3) is 2.20. The van der Waals surface area contributed by atoms with Gasteiger partial charge in [-0.05, 0) is 13.5 Å². The highest BCUT2D eigenvalue weighted by atomic mass is 35.5. The van der Waals surface area contributed by atoms with E-state index >= 15 is 0 Å². The molecule has 12 heavy (non-hydrogen) atoms. The van der Waals surface area contributed by atoms with Crippen LogP contribution in [0.2, 0.25) is 0 Å².